The van der Waals surface area contributed by atoms with Gasteiger partial charge in [-0.1, -0.05) is 13.8 Å². The summed E-state index contributed by atoms with van der Waals surface area (Å²) in [6.45, 7) is 7.83. The number of nitrogens with zero attached hydrogens (tertiary/aromatic N) is 3. The Morgan fingerprint density at radius 3 is 2.91 bits per heavy atom. The molecular weight excluding hydrogens is 290 g/mol. The van der Waals surface area contributed by atoms with E-state index in [1.165, 1.54) is 12.8 Å². The molecule has 1 aromatic rings. The Labute approximate surface area is 139 Å². The minimum atomic E-state index is -0.212. The first kappa shape index (κ1) is 16.9. The van der Waals surface area contributed by atoms with E-state index in [0.717, 1.165) is 38.0 Å². The lowest BCUT2D eigenvalue weighted by Crippen LogP contribution is -2.45. The predicted molar refractivity (Wildman–Crippen MR) is 90.2 cm³/mol. The Hall–Kier alpha value is -0.910. The van der Waals surface area contributed by atoms with Crippen molar-refractivity contribution >= 4 is 0 Å². The summed E-state index contributed by atoms with van der Waals surface area (Å²) in [6, 6.07) is 3.09. The number of hydrogen-bond acceptors (Lipinski definition) is 4. The van der Waals surface area contributed by atoms with Gasteiger partial charge in [0.05, 0.1) is 24.4 Å². The quantitative estimate of drug-likeness (QED) is 0.875. The van der Waals surface area contributed by atoms with Crippen molar-refractivity contribution in [2.24, 2.45) is 5.92 Å². The summed E-state index contributed by atoms with van der Waals surface area (Å²) < 4.78 is 7.75. The maximum Gasteiger partial charge on any atom is 0.0765 e. The van der Waals surface area contributed by atoms with Crippen LogP contribution in [0.2, 0.25) is 0 Å². The van der Waals surface area contributed by atoms with Gasteiger partial charge in [-0.3, -0.25) is 9.58 Å². The van der Waals surface area contributed by atoms with Gasteiger partial charge in [0.25, 0.3) is 0 Å². The molecule has 3 rings (SSSR count). The third kappa shape index (κ3) is 3.78. The van der Waals surface area contributed by atoms with Crippen LogP contribution in [-0.4, -0.2) is 51.7 Å². The monoisotopic (exact) mass is 321 g/mol. The van der Waals surface area contributed by atoms with Crippen LogP contribution < -0.4 is 0 Å². The minimum absolute atomic E-state index is 0.212. The molecular formula is C18H31N3O2. The lowest BCUT2D eigenvalue weighted by atomic mass is 9.89. The Morgan fingerprint density at radius 2 is 2.17 bits per heavy atom. The molecule has 130 valence electrons. The number of rotatable bonds is 6. The van der Waals surface area contributed by atoms with Crippen LogP contribution in [-0.2, 0) is 11.3 Å². The molecule has 3 heterocycles. The molecule has 5 nitrogen and oxygen atoms in total. The maximum absolute atomic E-state index is 10.3. The lowest BCUT2D eigenvalue weighted by molar-refractivity contribution is -0.0637. The van der Waals surface area contributed by atoms with Crippen LogP contribution >= 0.6 is 0 Å². The van der Waals surface area contributed by atoms with Crippen molar-refractivity contribution in [1.82, 2.24) is 14.7 Å². The molecule has 2 saturated heterocycles. The first-order valence-corrected chi connectivity index (χ1v) is 9.26. The van der Waals surface area contributed by atoms with Gasteiger partial charge < -0.3 is 9.84 Å². The smallest absolute Gasteiger partial charge is 0.0765 e. The van der Waals surface area contributed by atoms with Crippen LogP contribution in [0.3, 0.4) is 0 Å². The minimum Gasteiger partial charge on any atom is -0.393 e. The summed E-state index contributed by atoms with van der Waals surface area (Å²) in [6.07, 6.45) is 7.30. The second-order valence-corrected chi connectivity index (χ2v) is 7.03. The van der Waals surface area contributed by atoms with E-state index >= 15 is 0 Å². The molecule has 23 heavy (non-hydrogen) atoms. The van der Waals surface area contributed by atoms with E-state index in [1.54, 1.807) is 0 Å². The molecule has 2 aliphatic rings. The fourth-order valence-corrected chi connectivity index (χ4v) is 4.19. The summed E-state index contributed by atoms with van der Waals surface area (Å²) in [5, 5.41) is 15.1. The highest BCUT2D eigenvalue weighted by atomic mass is 16.5. The van der Waals surface area contributed by atoms with Crippen molar-refractivity contribution in [2.45, 2.75) is 70.7 Å². The van der Waals surface area contributed by atoms with Crippen LogP contribution in [0.5, 0.6) is 0 Å². The van der Waals surface area contributed by atoms with E-state index in [4.69, 9.17) is 9.84 Å². The van der Waals surface area contributed by atoms with E-state index in [-0.39, 0.29) is 12.0 Å². The Balaban J connectivity index is 1.64. The van der Waals surface area contributed by atoms with E-state index in [1.807, 2.05) is 0 Å². The van der Waals surface area contributed by atoms with Gasteiger partial charge in [0.15, 0.2) is 0 Å². The van der Waals surface area contributed by atoms with Crippen molar-refractivity contribution in [3.63, 3.8) is 0 Å². The van der Waals surface area contributed by atoms with Crippen molar-refractivity contribution < 1.29 is 9.84 Å². The number of aromatic nitrogens is 2. The predicted octanol–water partition coefficient (Wildman–Crippen LogP) is 2.61. The van der Waals surface area contributed by atoms with Crippen molar-refractivity contribution in [1.29, 1.82) is 0 Å². The molecule has 0 aromatic carbocycles. The molecule has 0 spiro atoms. The highest BCUT2D eigenvalue weighted by Crippen LogP contribution is 2.30. The molecule has 0 unspecified atom stereocenters. The maximum atomic E-state index is 10.3. The highest BCUT2D eigenvalue weighted by molar-refractivity contribution is 5.02. The Bertz CT molecular complexity index is 486. The topological polar surface area (TPSA) is 50.5 Å². The highest BCUT2D eigenvalue weighted by Gasteiger charge is 2.37. The van der Waals surface area contributed by atoms with Gasteiger partial charge in [-0.05, 0) is 44.7 Å². The van der Waals surface area contributed by atoms with Crippen molar-refractivity contribution in [2.75, 3.05) is 19.8 Å². The summed E-state index contributed by atoms with van der Waals surface area (Å²) in [5.74, 6) is 0.257. The number of ether oxygens (including phenoxy) is 1. The molecule has 1 N–H and O–H groups in total. The number of likely N-dealkylation sites (tertiary alicyclic amines) is 1. The van der Waals surface area contributed by atoms with Crippen molar-refractivity contribution in [3.05, 3.63) is 18.0 Å². The van der Waals surface area contributed by atoms with Crippen LogP contribution in [0, 0.1) is 5.92 Å². The Morgan fingerprint density at radius 1 is 1.35 bits per heavy atom. The van der Waals surface area contributed by atoms with Crippen LogP contribution in [0.15, 0.2) is 12.3 Å². The standard InChI is InChI=1S/C18H31N3O2/c1-3-15(4-2)21-10-7-14(19-21)12-20-9-5-6-17(20)16-13-23-11-8-18(16)22/h7,10,15-18,22H,3-6,8-9,11-13H2,1-2H3/t16-,17+,18+/m0/s1. The molecule has 5 heteroatoms. The Kier molecular flexibility index (Phi) is 5.72. The largest absolute Gasteiger partial charge is 0.393 e. The average Bonchev–Trinajstić information content (AvgIpc) is 3.20. The van der Waals surface area contributed by atoms with Crippen LogP contribution in [0.25, 0.3) is 0 Å². The summed E-state index contributed by atoms with van der Waals surface area (Å²) in [5.41, 5.74) is 1.15. The van der Waals surface area contributed by atoms with E-state index < -0.39 is 0 Å². The van der Waals surface area contributed by atoms with E-state index in [2.05, 4.69) is 35.7 Å². The SMILES string of the molecule is CCC(CC)n1ccc(CN2CCC[C@@H]2[C@@H]2COCC[C@H]2O)n1. The van der Waals surface area contributed by atoms with E-state index in [0.29, 0.717) is 25.3 Å². The number of aliphatic hydroxyl groups excluding tert-OH is 1. The first-order chi connectivity index (χ1) is 11.2. The van der Waals surface area contributed by atoms with Crippen LogP contribution in [0.4, 0.5) is 0 Å². The molecule has 3 atom stereocenters. The zero-order valence-electron chi connectivity index (χ0n) is 14.5. The molecule has 0 radical (unpaired) electrons. The molecule has 0 aliphatic carbocycles. The fourth-order valence-electron chi connectivity index (χ4n) is 4.19. The first-order valence-electron chi connectivity index (χ1n) is 9.26. The average molecular weight is 321 g/mol. The number of aliphatic hydroxyl groups is 1. The van der Waals surface area contributed by atoms with E-state index in [9.17, 15) is 5.11 Å². The second kappa shape index (κ2) is 7.77. The molecule has 2 fully saturated rings. The fraction of sp³-hybridized carbons (Fsp3) is 0.833. The molecule has 0 saturated carbocycles. The molecule has 1 aromatic heterocycles. The van der Waals surface area contributed by atoms with Gasteiger partial charge >= 0.3 is 0 Å². The third-order valence-electron chi connectivity index (χ3n) is 5.62. The van der Waals surface area contributed by atoms with Crippen LogP contribution in [0.1, 0.15) is 57.7 Å². The van der Waals surface area contributed by atoms with Gasteiger partial charge in [0.1, 0.15) is 0 Å². The van der Waals surface area contributed by atoms with Gasteiger partial charge in [-0.15, -0.1) is 0 Å². The van der Waals surface area contributed by atoms with Gasteiger partial charge in [-0.25, -0.2) is 0 Å². The molecule has 2 aliphatic heterocycles. The zero-order valence-corrected chi connectivity index (χ0v) is 14.5. The van der Waals surface area contributed by atoms with Gasteiger partial charge in [0, 0.05) is 31.3 Å². The summed E-state index contributed by atoms with van der Waals surface area (Å²) in [4.78, 5) is 2.50. The van der Waals surface area contributed by atoms with Gasteiger partial charge in [0.2, 0.25) is 0 Å². The third-order valence-corrected chi connectivity index (χ3v) is 5.62. The number of hydrogen-bond donors (Lipinski definition) is 1. The molecule has 0 amide bonds. The van der Waals surface area contributed by atoms with Gasteiger partial charge in [-0.2, -0.15) is 5.10 Å². The second-order valence-electron chi connectivity index (χ2n) is 7.03. The summed E-state index contributed by atoms with van der Waals surface area (Å²) in [7, 11) is 0. The van der Waals surface area contributed by atoms with Crippen molar-refractivity contribution in [3.8, 4) is 0 Å². The normalized spacial score (nSPS) is 29.5. The summed E-state index contributed by atoms with van der Waals surface area (Å²) >= 11 is 0. The zero-order chi connectivity index (χ0) is 16.2. The molecule has 0 bridgehead atoms. The lowest BCUT2D eigenvalue weighted by Gasteiger charge is -2.36.